The summed E-state index contributed by atoms with van der Waals surface area (Å²) in [7, 11) is 0. The average molecular weight is 292 g/mol. The van der Waals surface area contributed by atoms with E-state index in [1.165, 1.54) is 16.7 Å². The van der Waals surface area contributed by atoms with Crippen LogP contribution in [0.25, 0.3) is 0 Å². The van der Waals surface area contributed by atoms with Crippen LogP contribution in [0.2, 0.25) is 0 Å². The van der Waals surface area contributed by atoms with Crippen molar-refractivity contribution in [2.45, 2.75) is 47.0 Å². The molecule has 120 valence electrons. The van der Waals surface area contributed by atoms with E-state index in [0.29, 0.717) is 30.8 Å². The van der Waals surface area contributed by atoms with Crippen LogP contribution < -0.4 is 16.2 Å². The number of benzene rings is 1. The van der Waals surface area contributed by atoms with Gasteiger partial charge in [0.1, 0.15) is 5.75 Å². The van der Waals surface area contributed by atoms with Crippen molar-refractivity contribution in [3.63, 3.8) is 0 Å². The summed E-state index contributed by atoms with van der Waals surface area (Å²) in [4.78, 5) is 0. The summed E-state index contributed by atoms with van der Waals surface area (Å²) in [6, 6.07) is 4.31. The molecule has 1 aromatic carbocycles. The van der Waals surface area contributed by atoms with Crippen LogP contribution in [0.1, 0.15) is 49.8 Å². The van der Waals surface area contributed by atoms with Crippen molar-refractivity contribution in [1.29, 1.82) is 0 Å². The van der Waals surface area contributed by atoms with Gasteiger partial charge in [0.15, 0.2) is 0 Å². The quantitative estimate of drug-likeness (QED) is 0.772. The van der Waals surface area contributed by atoms with Gasteiger partial charge in [0.05, 0.1) is 6.61 Å². The molecule has 3 heteroatoms. The van der Waals surface area contributed by atoms with E-state index in [9.17, 15) is 0 Å². The first-order valence-electron chi connectivity index (χ1n) is 8.10. The standard InChI is InChI=1S/C18H32N2O/c1-6-7-21-17-8-12(2)18(13(3)9-17)15(5)14(4)16(10-19)11-20/h8-9,14-16H,6-7,10-11,19-20H2,1-5H3. The Morgan fingerprint density at radius 2 is 1.57 bits per heavy atom. The van der Waals surface area contributed by atoms with E-state index >= 15 is 0 Å². The van der Waals surface area contributed by atoms with Crippen molar-refractivity contribution in [3.05, 3.63) is 28.8 Å². The van der Waals surface area contributed by atoms with Crippen LogP contribution in [-0.4, -0.2) is 19.7 Å². The molecule has 0 fully saturated rings. The first-order valence-corrected chi connectivity index (χ1v) is 8.10. The summed E-state index contributed by atoms with van der Waals surface area (Å²) < 4.78 is 5.76. The fraction of sp³-hybridized carbons (Fsp3) is 0.667. The van der Waals surface area contributed by atoms with E-state index < -0.39 is 0 Å². The number of hydrogen-bond acceptors (Lipinski definition) is 3. The second kappa shape index (κ2) is 8.40. The van der Waals surface area contributed by atoms with Gasteiger partial charge in [0.2, 0.25) is 0 Å². The third-order valence-corrected chi connectivity index (χ3v) is 4.63. The van der Waals surface area contributed by atoms with E-state index in [0.717, 1.165) is 18.8 Å². The second-order valence-electron chi connectivity index (χ2n) is 6.20. The first-order chi connectivity index (χ1) is 9.96. The summed E-state index contributed by atoms with van der Waals surface area (Å²) in [5.74, 6) is 2.27. The van der Waals surface area contributed by atoms with Gasteiger partial charge in [0, 0.05) is 0 Å². The summed E-state index contributed by atoms with van der Waals surface area (Å²) >= 11 is 0. The Morgan fingerprint density at radius 1 is 1.05 bits per heavy atom. The van der Waals surface area contributed by atoms with Crippen LogP contribution in [0.4, 0.5) is 0 Å². The SMILES string of the molecule is CCCOc1cc(C)c(C(C)C(C)C(CN)CN)c(C)c1. The van der Waals surface area contributed by atoms with Gasteiger partial charge in [-0.05, 0) is 79.9 Å². The van der Waals surface area contributed by atoms with Gasteiger partial charge in [-0.15, -0.1) is 0 Å². The van der Waals surface area contributed by atoms with Crippen molar-refractivity contribution in [2.24, 2.45) is 23.3 Å². The summed E-state index contributed by atoms with van der Waals surface area (Å²) in [5, 5.41) is 0. The van der Waals surface area contributed by atoms with Crippen molar-refractivity contribution < 1.29 is 4.74 Å². The third kappa shape index (κ3) is 4.45. The molecule has 21 heavy (non-hydrogen) atoms. The molecule has 4 N–H and O–H groups in total. The van der Waals surface area contributed by atoms with Gasteiger partial charge in [0.25, 0.3) is 0 Å². The molecular weight excluding hydrogens is 260 g/mol. The van der Waals surface area contributed by atoms with Gasteiger partial charge in [-0.2, -0.15) is 0 Å². The van der Waals surface area contributed by atoms with E-state index in [1.807, 2.05) is 0 Å². The molecule has 0 heterocycles. The molecule has 1 rings (SSSR count). The van der Waals surface area contributed by atoms with Crippen molar-refractivity contribution in [3.8, 4) is 5.75 Å². The molecule has 3 nitrogen and oxygen atoms in total. The Kier molecular flexibility index (Phi) is 7.20. The Morgan fingerprint density at radius 3 is 2.00 bits per heavy atom. The Balaban J connectivity index is 3.01. The molecule has 0 bridgehead atoms. The normalized spacial score (nSPS) is 14.3. The number of rotatable bonds is 8. The predicted octanol–water partition coefficient (Wildman–Crippen LogP) is 3.37. The molecule has 0 amide bonds. The van der Waals surface area contributed by atoms with E-state index in [4.69, 9.17) is 16.2 Å². The Labute approximate surface area is 130 Å². The first kappa shape index (κ1) is 18.0. The molecule has 0 saturated heterocycles. The summed E-state index contributed by atoms with van der Waals surface area (Å²) in [6.45, 7) is 13.1. The monoisotopic (exact) mass is 292 g/mol. The molecular formula is C18H32N2O. The van der Waals surface area contributed by atoms with E-state index in [-0.39, 0.29) is 0 Å². The van der Waals surface area contributed by atoms with E-state index in [1.54, 1.807) is 0 Å². The highest BCUT2D eigenvalue weighted by molar-refractivity contribution is 5.43. The molecule has 0 spiro atoms. The zero-order valence-corrected chi connectivity index (χ0v) is 14.3. The van der Waals surface area contributed by atoms with Crippen LogP contribution in [0, 0.1) is 25.7 Å². The largest absolute Gasteiger partial charge is 0.494 e. The van der Waals surface area contributed by atoms with Crippen LogP contribution >= 0.6 is 0 Å². The van der Waals surface area contributed by atoms with E-state index in [2.05, 4.69) is 46.8 Å². The van der Waals surface area contributed by atoms with Crippen LogP contribution in [0.3, 0.4) is 0 Å². The molecule has 1 aromatic rings. The van der Waals surface area contributed by atoms with Crippen molar-refractivity contribution >= 4 is 0 Å². The fourth-order valence-electron chi connectivity index (χ4n) is 3.15. The predicted molar refractivity (Wildman–Crippen MR) is 90.9 cm³/mol. The Bertz CT molecular complexity index is 418. The molecule has 2 atom stereocenters. The molecule has 0 aromatic heterocycles. The lowest BCUT2D eigenvalue weighted by Gasteiger charge is -2.29. The minimum Gasteiger partial charge on any atom is -0.494 e. The van der Waals surface area contributed by atoms with Crippen molar-refractivity contribution in [1.82, 2.24) is 0 Å². The zero-order valence-electron chi connectivity index (χ0n) is 14.3. The minimum atomic E-state index is 0.370. The van der Waals surface area contributed by atoms with Gasteiger partial charge in [-0.25, -0.2) is 0 Å². The lowest BCUT2D eigenvalue weighted by molar-refractivity contribution is 0.314. The average Bonchev–Trinajstić information content (AvgIpc) is 2.45. The van der Waals surface area contributed by atoms with Gasteiger partial charge < -0.3 is 16.2 Å². The lowest BCUT2D eigenvalue weighted by atomic mass is 9.77. The number of ether oxygens (including phenoxy) is 1. The van der Waals surface area contributed by atoms with Crippen LogP contribution in [-0.2, 0) is 0 Å². The van der Waals surface area contributed by atoms with Crippen molar-refractivity contribution in [2.75, 3.05) is 19.7 Å². The number of nitrogens with two attached hydrogens (primary N) is 2. The molecule has 2 unspecified atom stereocenters. The maximum Gasteiger partial charge on any atom is 0.119 e. The number of aryl methyl sites for hydroxylation is 2. The Hall–Kier alpha value is -1.06. The molecule has 0 aliphatic rings. The molecule has 0 saturated carbocycles. The topological polar surface area (TPSA) is 61.3 Å². The highest BCUT2D eigenvalue weighted by atomic mass is 16.5. The lowest BCUT2D eigenvalue weighted by Crippen LogP contribution is -2.32. The summed E-state index contributed by atoms with van der Waals surface area (Å²) in [6.07, 6.45) is 1.03. The maximum atomic E-state index is 5.86. The van der Waals surface area contributed by atoms with Gasteiger partial charge >= 0.3 is 0 Å². The fourth-order valence-corrected chi connectivity index (χ4v) is 3.15. The molecule has 0 aliphatic carbocycles. The van der Waals surface area contributed by atoms with Crippen LogP contribution in [0.5, 0.6) is 5.75 Å². The maximum absolute atomic E-state index is 5.86. The molecule has 0 radical (unpaired) electrons. The number of hydrogen-bond donors (Lipinski definition) is 2. The smallest absolute Gasteiger partial charge is 0.119 e. The summed E-state index contributed by atoms with van der Waals surface area (Å²) in [5.41, 5.74) is 15.7. The van der Waals surface area contributed by atoms with Crippen LogP contribution in [0.15, 0.2) is 12.1 Å². The zero-order chi connectivity index (χ0) is 16.0. The van der Waals surface area contributed by atoms with Gasteiger partial charge in [-0.3, -0.25) is 0 Å². The minimum absolute atomic E-state index is 0.370. The highest BCUT2D eigenvalue weighted by Crippen LogP contribution is 2.35. The molecule has 0 aliphatic heterocycles. The second-order valence-corrected chi connectivity index (χ2v) is 6.20. The highest BCUT2D eigenvalue weighted by Gasteiger charge is 2.24. The third-order valence-electron chi connectivity index (χ3n) is 4.63. The van der Waals surface area contributed by atoms with Gasteiger partial charge in [-0.1, -0.05) is 20.8 Å².